The number of aliphatic hydroxyl groups is 1. The van der Waals surface area contributed by atoms with Crippen molar-refractivity contribution < 1.29 is 14.7 Å². The third-order valence-electron chi connectivity index (χ3n) is 3.31. The van der Waals surface area contributed by atoms with Crippen LogP contribution in [0.15, 0.2) is 12.7 Å². The van der Waals surface area contributed by atoms with Crippen molar-refractivity contribution in [3.8, 4) is 0 Å². The Hall–Kier alpha value is -1.36. The number of hydrogen-bond acceptors (Lipinski definition) is 3. The molecule has 0 saturated carbocycles. The van der Waals surface area contributed by atoms with Crippen molar-refractivity contribution in [1.82, 2.24) is 10.2 Å². The van der Waals surface area contributed by atoms with Gasteiger partial charge in [0.25, 0.3) is 0 Å². The molecule has 5 heteroatoms. The average Bonchev–Trinajstić information content (AvgIpc) is 2.26. The van der Waals surface area contributed by atoms with Crippen LogP contribution in [0.2, 0.25) is 0 Å². The Bertz CT molecular complexity index is 310. The van der Waals surface area contributed by atoms with Gasteiger partial charge in [0.15, 0.2) is 0 Å². The van der Waals surface area contributed by atoms with E-state index in [-0.39, 0.29) is 6.54 Å². The normalized spacial score (nSPS) is 24.2. The van der Waals surface area contributed by atoms with Gasteiger partial charge < -0.3 is 5.11 Å². The zero-order valence-corrected chi connectivity index (χ0v) is 9.69. The van der Waals surface area contributed by atoms with Crippen molar-refractivity contribution in [2.24, 2.45) is 5.41 Å². The number of hydrogen-bond donors (Lipinski definition) is 2. The van der Waals surface area contributed by atoms with E-state index in [2.05, 4.69) is 11.9 Å². The van der Waals surface area contributed by atoms with Crippen molar-refractivity contribution in [2.75, 3.05) is 6.54 Å². The van der Waals surface area contributed by atoms with E-state index < -0.39 is 23.6 Å². The highest BCUT2D eigenvalue weighted by Gasteiger charge is 2.50. The molecule has 1 fully saturated rings. The van der Waals surface area contributed by atoms with Gasteiger partial charge in [-0.2, -0.15) is 0 Å². The number of nitrogens with zero attached hydrogens (tertiary/aromatic N) is 1. The Morgan fingerprint density at radius 2 is 2.06 bits per heavy atom. The minimum Gasteiger partial charge on any atom is -0.372 e. The van der Waals surface area contributed by atoms with Crippen LogP contribution in [0.5, 0.6) is 0 Å². The van der Waals surface area contributed by atoms with E-state index in [1.54, 1.807) is 0 Å². The molecule has 1 aliphatic heterocycles. The van der Waals surface area contributed by atoms with Crippen molar-refractivity contribution >= 4 is 11.9 Å². The van der Waals surface area contributed by atoms with E-state index in [1.807, 2.05) is 13.8 Å². The molecule has 0 bridgehead atoms. The zero-order chi connectivity index (χ0) is 12.3. The molecule has 90 valence electrons. The molecule has 16 heavy (non-hydrogen) atoms. The van der Waals surface area contributed by atoms with Crippen LogP contribution in [0.3, 0.4) is 0 Å². The van der Waals surface area contributed by atoms with E-state index in [1.165, 1.54) is 11.0 Å². The topological polar surface area (TPSA) is 69.6 Å². The van der Waals surface area contributed by atoms with Crippen LogP contribution < -0.4 is 5.32 Å². The van der Waals surface area contributed by atoms with Gasteiger partial charge in [0.1, 0.15) is 6.23 Å². The highest BCUT2D eigenvalue weighted by Crippen LogP contribution is 2.35. The molecular weight excluding hydrogens is 208 g/mol. The van der Waals surface area contributed by atoms with Crippen LogP contribution >= 0.6 is 0 Å². The molecule has 0 aromatic rings. The molecule has 0 radical (unpaired) electrons. The van der Waals surface area contributed by atoms with Crippen molar-refractivity contribution in [3.63, 3.8) is 0 Å². The second-order valence-electron chi connectivity index (χ2n) is 3.94. The zero-order valence-electron chi connectivity index (χ0n) is 9.69. The summed E-state index contributed by atoms with van der Waals surface area (Å²) in [5.41, 5.74) is -0.906. The fourth-order valence-corrected chi connectivity index (χ4v) is 2.08. The summed E-state index contributed by atoms with van der Waals surface area (Å²) in [6, 6.07) is -0.560. The highest BCUT2D eigenvalue weighted by molar-refractivity contribution is 6.00. The lowest BCUT2D eigenvalue weighted by atomic mass is 9.77. The number of aliphatic hydroxyl groups excluding tert-OH is 1. The fraction of sp³-hybridized carbons (Fsp3) is 0.636. The predicted octanol–water partition coefficient (Wildman–Crippen LogP) is 0.849. The molecule has 1 saturated heterocycles. The number of imide groups is 1. The third kappa shape index (κ3) is 1.71. The summed E-state index contributed by atoms with van der Waals surface area (Å²) in [5.74, 6) is -0.393. The molecule has 1 unspecified atom stereocenters. The van der Waals surface area contributed by atoms with Gasteiger partial charge in [-0.05, 0) is 12.8 Å². The third-order valence-corrected chi connectivity index (χ3v) is 3.31. The van der Waals surface area contributed by atoms with E-state index in [4.69, 9.17) is 0 Å². The summed E-state index contributed by atoms with van der Waals surface area (Å²) >= 11 is 0. The fourth-order valence-electron chi connectivity index (χ4n) is 2.08. The summed E-state index contributed by atoms with van der Waals surface area (Å²) in [4.78, 5) is 24.5. The van der Waals surface area contributed by atoms with Gasteiger partial charge in [-0.25, -0.2) is 4.79 Å². The SMILES string of the molecule is C=CCN1C(=O)NC(=O)C(CC)(CC)C1O. The highest BCUT2D eigenvalue weighted by atomic mass is 16.3. The maximum Gasteiger partial charge on any atom is 0.326 e. The standard InChI is InChI=1S/C11H18N2O3/c1-4-7-13-9(15)11(5-2,6-3)8(14)12-10(13)16/h4,9,15H,1,5-7H2,2-3H3,(H,12,14,16). The molecule has 1 atom stereocenters. The minimum atomic E-state index is -1.08. The lowest BCUT2D eigenvalue weighted by Crippen LogP contribution is -2.65. The molecule has 0 aliphatic carbocycles. The molecule has 0 aromatic heterocycles. The number of carbonyl (C=O) groups excluding carboxylic acids is 2. The monoisotopic (exact) mass is 226 g/mol. The van der Waals surface area contributed by atoms with Crippen molar-refractivity contribution in [2.45, 2.75) is 32.9 Å². The van der Waals surface area contributed by atoms with Crippen LogP contribution in [0.4, 0.5) is 4.79 Å². The van der Waals surface area contributed by atoms with E-state index in [0.717, 1.165) is 0 Å². The summed E-state index contributed by atoms with van der Waals surface area (Å²) in [6.45, 7) is 7.40. The quantitative estimate of drug-likeness (QED) is 0.698. The average molecular weight is 226 g/mol. The maximum absolute atomic E-state index is 11.8. The van der Waals surface area contributed by atoms with Crippen LogP contribution in [-0.4, -0.2) is 34.7 Å². The van der Waals surface area contributed by atoms with Gasteiger partial charge in [0.05, 0.1) is 5.41 Å². The van der Waals surface area contributed by atoms with E-state index in [9.17, 15) is 14.7 Å². The number of rotatable bonds is 4. The largest absolute Gasteiger partial charge is 0.372 e. The van der Waals surface area contributed by atoms with E-state index >= 15 is 0 Å². The van der Waals surface area contributed by atoms with Gasteiger partial charge in [-0.15, -0.1) is 6.58 Å². The summed E-state index contributed by atoms with van der Waals surface area (Å²) in [7, 11) is 0. The molecule has 3 amide bonds. The number of nitrogens with one attached hydrogen (secondary N) is 1. The first-order valence-electron chi connectivity index (χ1n) is 5.44. The molecule has 1 aliphatic rings. The minimum absolute atomic E-state index is 0.224. The molecule has 5 nitrogen and oxygen atoms in total. The Morgan fingerprint density at radius 3 is 2.50 bits per heavy atom. The molecule has 0 spiro atoms. The van der Waals surface area contributed by atoms with Crippen LogP contribution in [0, 0.1) is 5.41 Å². The lowest BCUT2D eigenvalue weighted by molar-refractivity contribution is -0.153. The lowest BCUT2D eigenvalue weighted by Gasteiger charge is -2.44. The Labute approximate surface area is 95.1 Å². The van der Waals surface area contributed by atoms with Crippen molar-refractivity contribution in [3.05, 3.63) is 12.7 Å². The molecule has 0 aromatic carbocycles. The van der Waals surface area contributed by atoms with Gasteiger partial charge in [-0.3, -0.25) is 15.0 Å². The van der Waals surface area contributed by atoms with E-state index in [0.29, 0.717) is 12.8 Å². The summed E-state index contributed by atoms with van der Waals surface area (Å²) in [5, 5.41) is 12.4. The summed E-state index contributed by atoms with van der Waals surface area (Å²) in [6.07, 6.45) is 1.41. The van der Waals surface area contributed by atoms with Crippen molar-refractivity contribution in [1.29, 1.82) is 0 Å². The summed E-state index contributed by atoms with van der Waals surface area (Å²) < 4.78 is 0. The Kier molecular flexibility index (Phi) is 3.70. The smallest absolute Gasteiger partial charge is 0.326 e. The molecule has 1 heterocycles. The Morgan fingerprint density at radius 1 is 1.50 bits per heavy atom. The van der Waals surface area contributed by atoms with Gasteiger partial charge in [-0.1, -0.05) is 19.9 Å². The second-order valence-corrected chi connectivity index (χ2v) is 3.94. The first kappa shape index (κ1) is 12.7. The first-order valence-corrected chi connectivity index (χ1v) is 5.44. The van der Waals surface area contributed by atoms with Crippen LogP contribution in [0.25, 0.3) is 0 Å². The predicted molar refractivity (Wildman–Crippen MR) is 59.5 cm³/mol. The number of amides is 3. The second kappa shape index (κ2) is 4.65. The molecule has 1 rings (SSSR count). The van der Waals surface area contributed by atoms with Gasteiger partial charge >= 0.3 is 6.03 Å². The van der Waals surface area contributed by atoms with Crippen LogP contribution in [-0.2, 0) is 4.79 Å². The molecular formula is C11H18N2O3. The number of carbonyl (C=O) groups is 2. The van der Waals surface area contributed by atoms with Crippen LogP contribution in [0.1, 0.15) is 26.7 Å². The van der Waals surface area contributed by atoms with Gasteiger partial charge in [0, 0.05) is 6.54 Å². The first-order chi connectivity index (χ1) is 7.53. The van der Waals surface area contributed by atoms with Gasteiger partial charge in [0.2, 0.25) is 5.91 Å². The maximum atomic E-state index is 11.8. The Balaban J connectivity index is 3.06. The number of urea groups is 1. The molecule has 2 N–H and O–H groups in total.